The molecule has 0 amide bonds. The zero-order chi connectivity index (χ0) is 11.8. The quantitative estimate of drug-likeness (QED) is 0.747. The Morgan fingerprint density at radius 2 is 1.73 bits per heavy atom. The first-order chi connectivity index (χ1) is 6.73. The number of hydrogen-bond donors (Lipinski definition) is 0. The molecule has 0 aliphatic rings. The van der Waals surface area contributed by atoms with Crippen molar-refractivity contribution in [3.8, 4) is 0 Å². The van der Waals surface area contributed by atoms with Crippen molar-refractivity contribution in [3.05, 3.63) is 5.82 Å². The zero-order valence-corrected chi connectivity index (χ0v) is 11.2. The monoisotopic (exact) mass is 229 g/mol. The molecule has 1 aromatic rings. The molecule has 0 aliphatic carbocycles. The van der Waals surface area contributed by atoms with E-state index in [0.717, 1.165) is 5.82 Å². The molecular weight excluding hydrogens is 209 g/mol. The topological polar surface area (TPSA) is 47.8 Å². The second-order valence-corrected chi connectivity index (χ2v) is 7.92. The Labute approximate surface area is 91.5 Å². The summed E-state index contributed by atoms with van der Waals surface area (Å²) in [7, 11) is -2.35. The molecule has 0 fully saturated rings. The van der Waals surface area contributed by atoms with E-state index >= 15 is 0 Å². The van der Waals surface area contributed by atoms with E-state index < -0.39 is 7.14 Å². The van der Waals surface area contributed by atoms with Crippen LogP contribution >= 0.6 is 7.14 Å². The molecule has 5 heteroatoms. The molecule has 1 aromatic heterocycles. The van der Waals surface area contributed by atoms with Crippen LogP contribution in [0.15, 0.2) is 0 Å². The van der Waals surface area contributed by atoms with Crippen LogP contribution in [0.25, 0.3) is 0 Å². The molecule has 0 spiro atoms. The van der Waals surface area contributed by atoms with E-state index in [1.165, 1.54) is 0 Å². The fourth-order valence-corrected chi connectivity index (χ4v) is 1.98. The summed E-state index contributed by atoms with van der Waals surface area (Å²) in [6, 6.07) is 0.259. The lowest BCUT2D eigenvalue weighted by Gasteiger charge is -2.10. The van der Waals surface area contributed by atoms with Gasteiger partial charge in [0.2, 0.25) is 5.57 Å². The molecule has 0 saturated heterocycles. The highest BCUT2D eigenvalue weighted by atomic mass is 31.2. The lowest BCUT2D eigenvalue weighted by Crippen LogP contribution is -2.12. The third-order valence-electron chi connectivity index (χ3n) is 2.13. The van der Waals surface area contributed by atoms with Crippen molar-refractivity contribution in [3.63, 3.8) is 0 Å². The minimum atomic E-state index is -2.35. The van der Waals surface area contributed by atoms with E-state index in [-0.39, 0.29) is 6.04 Å². The van der Waals surface area contributed by atoms with E-state index in [4.69, 9.17) is 0 Å². The third-order valence-corrected chi connectivity index (χ3v) is 3.29. The maximum Gasteiger partial charge on any atom is 0.209 e. The molecule has 0 aliphatic heterocycles. The van der Waals surface area contributed by atoms with E-state index in [1.54, 1.807) is 13.3 Å². The van der Waals surface area contributed by atoms with Crippen LogP contribution in [0.5, 0.6) is 0 Å². The van der Waals surface area contributed by atoms with Gasteiger partial charge in [0.25, 0.3) is 0 Å². The second kappa shape index (κ2) is 4.09. The van der Waals surface area contributed by atoms with E-state index in [1.807, 2.05) is 4.68 Å². The van der Waals surface area contributed by atoms with Crippen molar-refractivity contribution in [1.82, 2.24) is 14.8 Å². The Morgan fingerprint density at radius 3 is 2.00 bits per heavy atom. The van der Waals surface area contributed by atoms with Crippen LogP contribution in [0, 0.1) is 0 Å². The molecule has 0 unspecified atom stereocenters. The number of nitrogens with zero attached hydrogens (tertiary/aromatic N) is 3. The Balaban J connectivity index is 3.28. The van der Waals surface area contributed by atoms with Crippen molar-refractivity contribution in [2.24, 2.45) is 0 Å². The third kappa shape index (κ3) is 2.69. The van der Waals surface area contributed by atoms with Gasteiger partial charge in [-0.05, 0) is 27.2 Å². The standard InChI is InChI=1S/C10H20N3OP/c1-7(2)9-11-10(15(5,6)14)12-13(9)8(3)4/h7-8H,1-6H3. The first kappa shape index (κ1) is 12.4. The summed E-state index contributed by atoms with van der Waals surface area (Å²) < 4.78 is 13.8. The minimum Gasteiger partial charge on any atom is -0.316 e. The molecule has 1 heterocycles. The number of aromatic nitrogens is 3. The maximum atomic E-state index is 11.9. The highest BCUT2D eigenvalue weighted by Gasteiger charge is 2.22. The van der Waals surface area contributed by atoms with Crippen LogP contribution in [-0.4, -0.2) is 28.1 Å². The second-order valence-electron chi connectivity index (χ2n) is 4.81. The lowest BCUT2D eigenvalue weighted by molar-refractivity contribution is 0.493. The Morgan fingerprint density at radius 1 is 1.20 bits per heavy atom. The van der Waals surface area contributed by atoms with Gasteiger partial charge in [-0.2, -0.15) is 0 Å². The molecule has 86 valence electrons. The van der Waals surface area contributed by atoms with Gasteiger partial charge in [-0.3, -0.25) is 0 Å². The van der Waals surface area contributed by atoms with Gasteiger partial charge in [-0.1, -0.05) is 13.8 Å². The van der Waals surface area contributed by atoms with Gasteiger partial charge in [0.15, 0.2) is 0 Å². The van der Waals surface area contributed by atoms with Gasteiger partial charge < -0.3 is 4.57 Å². The van der Waals surface area contributed by atoms with Crippen LogP contribution in [0.4, 0.5) is 0 Å². The molecule has 0 bridgehead atoms. The highest BCUT2D eigenvalue weighted by Crippen LogP contribution is 2.33. The summed E-state index contributed by atoms with van der Waals surface area (Å²) in [6.45, 7) is 11.7. The molecule has 0 aromatic carbocycles. The van der Waals surface area contributed by atoms with Crippen LogP contribution in [0.1, 0.15) is 45.5 Å². The number of rotatable bonds is 3. The lowest BCUT2D eigenvalue weighted by atomic mass is 10.2. The summed E-state index contributed by atoms with van der Waals surface area (Å²) in [5, 5.41) is 4.34. The van der Waals surface area contributed by atoms with Gasteiger partial charge >= 0.3 is 0 Å². The normalized spacial score (nSPS) is 12.8. The van der Waals surface area contributed by atoms with Gasteiger partial charge in [0.1, 0.15) is 13.0 Å². The number of hydrogen-bond acceptors (Lipinski definition) is 3. The average Bonchev–Trinajstić information content (AvgIpc) is 2.45. The van der Waals surface area contributed by atoms with Crippen LogP contribution in [-0.2, 0) is 4.57 Å². The van der Waals surface area contributed by atoms with Crippen molar-refractivity contribution in [1.29, 1.82) is 0 Å². The van der Waals surface area contributed by atoms with Crippen molar-refractivity contribution in [2.75, 3.05) is 13.3 Å². The summed E-state index contributed by atoms with van der Waals surface area (Å²) in [5.74, 6) is 1.23. The van der Waals surface area contributed by atoms with Crippen LogP contribution in [0.3, 0.4) is 0 Å². The fraction of sp³-hybridized carbons (Fsp3) is 0.800. The highest BCUT2D eigenvalue weighted by molar-refractivity contribution is 7.69. The van der Waals surface area contributed by atoms with Gasteiger partial charge in [0, 0.05) is 12.0 Å². The molecule has 0 atom stereocenters. The smallest absolute Gasteiger partial charge is 0.209 e. The van der Waals surface area contributed by atoms with E-state index in [2.05, 4.69) is 37.8 Å². The summed E-state index contributed by atoms with van der Waals surface area (Å²) in [6.07, 6.45) is 0. The molecule has 4 nitrogen and oxygen atoms in total. The molecule has 1 rings (SSSR count). The maximum absolute atomic E-state index is 11.9. The Hall–Kier alpha value is -0.630. The van der Waals surface area contributed by atoms with Gasteiger partial charge in [0.05, 0.1) is 0 Å². The SMILES string of the molecule is CC(C)c1nc(P(C)(C)=O)nn1C(C)C. The van der Waals surface area contributed by atoms with Crippen LogP contribution in [0.2, 0.25) is 0 Å². The predicted molar refractivity (Wildman–Crippen MR) is 63.6 cm³/mol. The molecule has 0 saturated carbocycles. The summed E-state index contributed by atoms with van der Waals surface area (Å²) >= 11 is 0. The predicted octanol–water partition coefficient (Wildman–Crippen LogP) is 2.23. The van der Waals surface area contributed by atoms with E-state index in [0.29, 0.717) is 11.5 Å². The zero-order valence-electron chi connectivity index (χ0n) is 10.4. The van der Waals surface area contributed by atoms with Crippen LogP contribution < -0.4 is 5.57 Å². The summed E-state index contributed by atoms with van der Waals surface area (Å²) in [5.41, 5.74) is 0.500. The molecule has 0 N–H and O–H groups in total. The summed E-state index contributed by atoms with van der Waals surface area (Å²) in [4.78, 5) is 4.39. The van der Waals surface area contributed by atoms with Crippen molar-refractivity contribution >= 4 is 12.7 Å². The molecular formula is C10H20N3OP. The first-order valence-corrected chi connectivity index (χ1v) is 7.85. The minimum absolute atomic E-state index is 0.259. The first-order valence-electron chi connectivity index (χ1n) is 5.25. The van der Waals surface area contributed by atoms with Gasteiger partial charge in [-0.25, -0.2) is 9.67 Å². The van der Waals surface area contributed by atoms with E-state index in [9.17, 15) is 4.57 Å². The Bertz CT molecular complexity index is 364. The largest absolute Gasteiger partial charge is 0.316 e. The molecule has 0 radical (unpaired) electrons. The van der Waals surface area contributed by atoms with Gasteiger partial charge in [-0.15, -0.1) is 5.10 Å². The van der Waals surface area contributed by atoms with Crippen molar-refractivity contribution < 1.29 is 4.57 Å². The molecule has 15 heavy (non-hydrogen) atoms. The average molecular weight is 229 g/mol. The Kier molecular flexibility index (Phi) is 3.39. The van der Waals surface area contributed by atoms with Crippen molar-refractivity contribution in [2.45, 2.75) is 39.7 Å². The fourth-order valence-electron chi connectivity index (χ4n) is 1.33.